The predicted molar refractivity (Wildman–Crippen MR) is 96.0 cm³/mol. The molecule has 132 valence electrons. The number of halogens is 1. The van der Waals surface area contributed by atoms with Crippen LogP contribution < -0.4 is 10.6 Å². The van der Waals surface area contributed by atoms with Crippen molar-refractivity contribution in [1.29, 1.82) is 0 Å². The van der Waals surface area contributed by atoms with Gasteiger partial charge in [-0.25, -0.2) is 0 Å². The van der Waals surface area contributed by atoms with E-state index in [1.807, 2.05) is 18.2 Å². The zero-order valence-electron chi connectivity index (χ0n) is 14.0. The van der Waals surface area contributed by atoms with Crippen molar-refractivity contribution in [3.8, 4) is 0 Å². The molecule has 24 heavy (non-hydrogen) atoms. The number of aryl methyl sites for hydroxylation is 1. The fourth-order valence-electron chi connectivity index (χ4n) is 3.59. The highest BCUT2D eigenvalue weighted by molar-refractivity contribution is 6.01. The molecule has 1 aliphatic carbocycles. The van der Waals surface area contributed by atoms with Crippen LogP contribution in [0.25, 0.3) is 0 Å². The molecule has 0 radical (unpaired) electrons. The van der Waals surface area contributed by atoms with Crippen LogP contribution in [0, 0.1) is 5.41 Å². The number of hydrogen-bond acceptors (Lipinski definition) is 4. The van der Waals surface area contributed by atoms with Crippen molar-refractivity contribution in [3.63, 3.8) is 0 Å². The SMILES string of the molecule is COCC1(C(=O)Nc2ccc3c(c2)C(=O)CCC3)CCNCC1.Cl. The van der Waals surface area contributed by atoms with Gasteiger partial charge in [0.15, 0.2) is 5.78 Å². The molecule has 0 spiro atoms. The van der Waals surface area contributed by atoms with Crippen LogP contribution in [0.2, 0.25) is 0 Å². The van der Waals surface area contributed by atoms with Crippen LogP contribution in [-0.2, 0) is 16.0 Å². The molecular formula is C18H25ClN2O3. The third-order valence-electron chi connectivity index (χ3n) is 4.98. The van der Waals surface area contributed by atoms with Crippen molar-refractivity contribution < 1.29 is 14.3 Å². The Kier molecular flexibility index (Phi) is 6.38. The maximum absolute atomic E-state index is 12.8. The van der Waals surface area contributed by atoms with E-state index in [1.165, 1.54) is 0 Å². The second kappa shape index (κ2) is 8.10. The highest BCUT2D eigenvalue weighted by Crippen LogP contribution is 2.32. The Morgan fingerprint density at radius 3 is 2.75 bits per heavy atom. The molecule has 1 fully saturated rings. The Balaban J connectivity index is 0.00000208. The summed E-state index contributed by atoms with van der Waals surface area (Å²) in [5, 5.41) is 6.29. The van der Waals surface area contributed by atoms with Crippen LogP contribution in [0.1, 0.15) is 41.6 Å². The average molecular weight is 353 g/mol. The van der Waals surface area contributed by atoms with Gasteiger partial charge in [-0.3, -0.25) is 9.59 Å². The van der Waals surface area contributed by atoms with E-state index < -0.39 is 5.41 Å². The third-order valence-corrected chi connectivity index (χ3v) is 4.98. The third kappa shape index (κ3) is 3.79. The zero-order valence-corrected chi connectivity index (χ0v) is 14.8. The van der Waals surface area contributed by atoms with Crippen molar-refractivity contribution in [2.75, 3.05) is 32.1 Å². The van der Waals surface area contributed by atoms with E-state index in [0.717, 1.165) is 49.9 Å². The molecule has 1 amide bonds. The molecule has 0 saturated carbocycles. The summed E-state index contributed by atoms with van der Waals surface area (Å²) >= 11 is 0. The van der Waals surface area contributed by atoms with E-state index in [2.05, 4.69) is 10.6 Å². The monoisotopic (exact) mass is 352 g/mol. The van der Waals surface area contributed by atoms with Crippen molar-refractivity contribution in [2.24, 2.45) is 5.41 Å². The van der Waals surface area contributed by atoms with Gasteiger partial charge < -0.3 is 15.4 Å². The van der Waals surface area contributed by atoms with Gasteiger partial charge in [0.1, 0.15) is 0 Å². The lowest BCUT2D eigenvalue weighted by Gasteiger charge is -2.35. The first-order chi connectivity index (χ1) is 11.1. The summed E-state index contributed by atoms with van der Waals surface area (Å²) in [6, 6.07) is 5.70. The number of ether oxygens (including phenoxy) is 1. The zero-order chi connectivity index (χ0) is 16.3. The molecule has 0 bridgehead atoms. The van der Waals surface area contributed by atoms with Gasteiger partial charge in [0.25, 0.3) is 0 Å². The van der Waals surface area contributed by atoms with Gasteiger partial charge in [-0.05, 0) is 56.5 Å². The first-order valence-corrected chi connectivity index (χ1v) is 8.32. The number of carbonyl (C=O) groups is 2. The van der Waals surface area contributed by atoms with E-state index in [1.54, 1.807) is 7.11 Å². The van der Waals surface area contributed by atoms with E-state index in [0.29, 0.717) is 18.7 Å². The number of amides is 1. The molecule has 1 aromatic rings. The quantitative estimate of drug-likeness (QED) is 0.874. The maximum atomic E-state index is 12.8. The number of benzene rings is 1. The number of ketones is 1. The van der Waals surface area contributed by atoms with Crippen LogP contribution >= 0.6 is 12.4 Å². The minimum absolute atomic E-state index is 0. The largest absolute Gasteiger partial charge is 0.384 e. The summed E-state index contributed by atoms with van der Waals surface area (Å²) in [4.78, 5) is 24.9. The first kappa shape index (κ1) is 18.9. The molecule has 5 nitrogen and oxygen atoms in total. The number of rotatable bonds is 4. The standard InChI is InChI=1S/C18H24N2O3.ClH/c1-23-12-18(7-9-19-10-8-18)17(22)20-14-6-5-13-3-2-4-16(21)15(13)11-14;/h5-6,11,19H,2-4,7-10,12H2,1H3,(H,20,22);1H. The van der Waals surface area contributed by atoms with Crippen LogP contribution in [-0.4, -0.2) is 38.5 Å². The lowest BCUT2D eigenvalue weighted by Crippen LogP contribution is -2.47. The molecule has 0 aromatic heterocycles. The Labute approximate surface area is 148 Å². The Morgan fingerprint density at radius 1 is 1.29 bits per heavy atom. The summed E-state index contributed by atoms with van der Waals surface area (Å²) in [6.45, 7) is 2.06. The summed E-state index contributed by atoms with van der Waals surface area (Å²) in [5.74, 6) is 0.167. The molecule has 6 heteroatoms. The topological polar surface area (TPSA) is 67.4 Å². The molecule has 1 aromatic carbocycles. The molecule has 0 unspecified atom stereocenters. The average Bonchev–Trinajstić information content (AvgIpc) is 2.57. The minimum atomic E-state index is -0.486. The van der Waals surface area contributed by atoms with Crippen molar-refractivity contribution in [2.45, 2.75) is 32.1 Å². The van der Waals surface area contributed by atoms with Crippen LogP contribution in [0.15, 0.2) is 18.2 Å². The minimum Gasteiger partial charge on any atom is -0.384 e. The van der Waals surface area contributed by atoms with Gasteiger partial charge in [0.05, 0.1) is 12.0 Å². The number of hydrogen-bond donors (Lipinski definition) is 2. The molecule has 1 aliphatic heterocycles. The second-order valence-corrected chi connectivity index (χ2v) is 6.57. The van der Waals surface area contributed by atoms with Gasteiger partial charge in [-0.2, -0.15) is 0 Å². The van der Waals surface area contributed by atoms with Crippen molar-refractivity contribution in [3.05, 3.63) is 29.3 Å². The smallest absolute Gasteiger partial charge is 0.233 e. The van der Waals surface area contributed by atoms with E-state index in [9.17, 15) is 9.59 Å². The highest BCUT2D eigenvalue weighted by Gasteiger charge is 2.39. The number of carbonyl (C=O) groups excluding carboxylic acids is 2. The Bertz CT molecular complexity index is 607. The summed E-state index contributed by atoms with van der Waals surface area (Å²) in [5.41, 5.74) is 2.07. The van der Waals surface area contributed by atoms with Crippen LogP contribution in [0.5, 0.6) is 0 Å². The van der Waals surface area contributed by atoms with Gasteiger partial charge >= 0.3 is 0 Å². The summed E-state index contributed by atoms with van der Waals surface area (Å²) < 4.78 is 5.31. The van der Waals surface area contributed by atoms with Gasteiger partial charge in [0, 0.05) is 24.8 Å². The normalized spacial score (nSPS) is 19.1. The van der Waals surface area contributed by atoms with Crippen LogP contribution in [0.3, 0.4) is 0 Å². The van der Waals surface area contributed by atoms with E-state index in [-0.39, 0.29) is 24.1 Å². The summed E-state index contributed by atoms with van der Waals surface area (Å²) in [7, 11) is 1.63. The second-order valence-electron chi connectivity index (χ2n) is 6.57. The fraction of sp³-hybridized carbons (Fsp3) is 0.556. The molecule has 1 heterocycles. The lowest BCUT2D eigenvalue weighted by atomic mass is 9.78. The van der Waals surface area contributed by atoms with Gasteiger partial charge in [-0.15, -0.1) is 12.4 Å². The molecule has 0 atom stereocenters. The van der Waals surface area contributed by atoms with Crippen LogP contribution in [0.4, 0.5) is 5.69 Å². The highest BCUT2D eigenvalue weighted by atomic mass is 35.5. The molecule has 2 aliphatic rings. The Morgan fingerprint density at radius 2 is 2.04 bits per heavy atom. The lowest BCUT2D eigenvalue weighted by molar-refractivity contribution is -0.130. The van der Waals surface area contributed by atoms with Crippen molar-refractivity contribution in [1.82, 2.24) is 5.32 Å². The number of anilines is 1. The predicted octanol–water partition coefficient (Wildman–Crippen LogP) is 2.58. The number of fused-ring (bicyclic) bond motifs is 1. The van der Waals surface area contributed by atoms with E-state index >= 15 is 0 Å². The molecular weight excluding hydrogens is 328 g/mol. The maximum Gasteiger partial charge on any atom is 0.233 e. The molecule has 3 rings (SSSR count). The van der Waals surface area contributed by atoms with Crippen molar-refractivity contribution >= 4 is 29.8 Å². The Hall–Kier alpha value is -1.43. The summed E-state index contributed by atoms with van der Waals surface area (Å²) in [6.07, 6.45) is 3.98. The van der Waals surface area contributed by atoms with E-state index in [4.69, 9.17) is 4.74 Å². The van der Waals surface area contributed by atoms with Gasteiger partial charge in [0.2, 0.25) is 5.91 Å². The number of piperidine rings is 1. The molecule has 2 N–H and O–H groups in total. The van der Waals surface area contributed by atoms with Gasteiger partial charge in [-0.1, -0.05) is 6.07 Å². The number of Topliss-reactive ketones (excluding diaryl/α,β-unsaturated/α-hetero) is 1. The molecule has 1 saturated heterocycles. The fourth-order valence-corrected chi connectivity index (χ4v) is 3.59. The number of nitrogens with one attached hydrogen (secondary N) is 2. The first-order valence-electron chi connectivity index (χ1n) is 8.32. The number of methoxy groups -OCH3 is 1.